The van der Waals surface area contributed by atoms with Crippen LogP contribution in [0.3, 0.4) is 0 Å². The van der Waals surface area contributed by atoms with E-state index in [1.807, 2.05) is 12.1 Å². The van der Waals surface area contributed by atoms with E-state index in [2.05, 4.69) is 38.4 Å². The zero-order valence-electron chi connectivity index (χ0n) is 12.6. The summed E-state index contributed by atoms with van der Waals surface area (Å²) in [6.45, 7) is 5.48. The van der Waals surface area contributed by atoms with E-state index >= 15 is 0 Å². The van der Waals surface area contributed by atoms with Crippen LogP contribution in [0.2, 0.25) is 5.02 Å². The number of carbonyl (C=O) groups excluding carboxylic acids is 1. The van der Waals surface area contributed by atoms with E-state index in [9.17, 15) is 4.79 Å². The van der Waals surface area contributed by atoms with Gasteiger partial charge in [-0.15, -0.1) is 12.4 Å². The second-order valence-corrected chi connectivity index (χ2v) is 6.61. The quantitative estimate of drug-likeness (QED) is 0.753. The standard InChI is InChI=1S/C15H21BrClN3O.ClH/c1-2-7-20(12-5-6-18-9-12)10-15(21)19-14-4-3-11(16)8-13(14)17;/h3-4,8,12,18H,2,5-7,9-10H2,1H3,(H,19,21);1H. The van der Waals surface area contributed by atoms with Crippen LogP contribution in [-0.2, 0) is 4.79 Å². The largest absolute Gasteiger partial charge is 0.324 e. The molecule has 1 saturated heterocycles. The third-order valence-electron chi connectivity index (χ3n) is 3.61. The Hall–Kier alpha value is -0.330. The van der Waals surface area contributed by atoms with E-state index in [4.69, 9.17) is 11.6 Å². The summed E-state index contributed by atoms with van der Waals surface area (Å²) in [4.78, 5) is 14.5. The van der Waals surface area contributed by atoms with Gasteiger partial charge < -0.3 is 10.6 Å². The summed E-state index contributed by atoms with van der Waals surface area (Å²) in [6, 6.07) is 5.91. The second kappa shape index (κ2) is 9.73. The van der Waals surface area contributed by atoms with Crippen molar-refractivity contribution < 1.29 is 4.79 Å². The summed E-state index contributed by atoms with van der Waals surface area (Å²) in [6.07, 6.45) is 2.15. The fourth-order valence-electron chi connectivity index (χ4n) is 2.59. The maximum atomic E-state index is 12.2. The Morgan fingerprint density at radius 3 is 2.91 bits per heavy atom. The molecule has 1 aliphatic rings. The number of nitrogens with zero attached hydrogens (tertiary/aromatic N) is 1. The predicted molar refractivity (Wildman–Crippen MR) is 98.2 cm³/mol. The van der Waals surface area contributed by atoms with Gasteiger partial charge >= 0.3 is 0 Å². The Bertz CT molecular complexity index is 496. The van der Waals surface area contributed by atoms with Gasteiger partial charge in [-0.25, -0.2) is 0 Å². The molecule has 1 aromatic rings. The number of nitrogens with one attached hydrogen (secondary N) is 2. The summed E-state index contributed by atoms with van der Waals surface area (Å²) in [5.41, 5.74) is 0.658. The van der Waals surface area contributed by atoms with E-state index < -0.39 is 0 Å². The highest BCUT2D eigenvalue weighted by Crippen LogP contribution is 2.25. The summed E-state index contributed by atoms with van der Waals surface area (Å²) >= 11 is 9.49. The highest BCUT2D eigenvalue weighted by atomic mass is 79.9. The van der Waals surface area contributed by atoms with Gasteiger partial charge in [-0.3, -0.25) is 9.69 Å². The van der Waals surface area contributed by atoms with Crippen molar-refractivity contribution in [2.24, 2.45) is 0 Å². The smallest absolute Gasteiger partial charge is 0.238 e. The zero-order chi connectivity index (χ0) is 15.2. The highest BCUT2D eigenvalue weighted by Gasteiger charge is 2.23. The van der Waals surface area contributed by atoms with Crippen LogP contribution in [0.25, 0.3) is 0 Å². The van der Waals surface area contributed by atoms with Gasteiger partial charge in [-0.05, 0) is 44.1 Å². The predicted octanol–water partition coefficient (Wildman–Crippen LogP) is 3.54. The van der Waals surface area contributed by atoms with E-state index in [-0.39, 0.29) is 18.3 Å². The van der Waals surface area contributed by atoms with Crippen molar-refractivity contribution in [1.29, 1.82) is 0 Å². The molecule has 1 atom stereocenters. The van der Waals surface area contributed by atoms with Crippen molar-refractivity contribution in [3.63, 3.8) is 0 Å². The van der Waals surface area contributed by atoms with Gasteiger partial charge in [0, 0.05) is 17.1 Å². The van der Waals surface area contributed by atoms with E-state index in [0.29, 0.717) is 23.3 Å². The fourth-order valence-corrected chi connectivity index (χ4v) is 3.31. The van der Waals surface area contributed by atoms with Crippen molar-refractivity contribution in [1.82, 2.24) is 10.2 Å². The lowest BCUT2D eigenvalue weighted by atomic mass is 10.2. The molecule has 1 unspecified atom stereocenters. The molecule has 4 nitrogen and oxygen atoms in total. The third-order valence-corrected chi connectivity index (χ3v) is 4.42. The number of hydrogen-bond donors (Lipinski definition) is 2. The maximum Gasteiger partial charge on any atom is 0.238 e. The van der Waals surface area contributed by atoms with Gasteiger partial charge in [0.25, 0.3) is 0 Å². The normalized spacial score (nSPS) is 17.4. The molecular weight excluding hydrogens is 389 g/mol. The first-order chi connectivity index (χ1) is 10.1. The zero-order valence-corrected chi connectivity index (χ0v) is 15.7. The average Bonchev–Trinajstić information content (AvgIpc) is 2.95. The molecule has 2 N–H and O–H groups in total. The molecule has 0 radical (unpaired) electrons. The lowest BCUT2D eigenvalue weighted by Crippen LogP contribution is -2.42. The lowest BCUT2D eigenvalue weighted by molar-refractivity contribution is -0.117. The van der Waals surface area contributed by atoms with Crippen LogP contribution in [0, 0.1) is 0 Å². The molecule has 1 heterocycles. The summed E-state index contributed by atoms with van der Waals surface area (Å²) in [7, 11) is 0. The molecule has 124 valence electrons. The second-order valence-electron chi connectivity index (χ2n) is 5.29. The Balaban J connectivity index is 0.00000242. The number of benzene rings is 1. The number of halogens is 3. The van der Waals surface area contributed by atoms with Crippen LogP contribution in [0.4, 0.5) is 5.69 Å². The Morgan fingerprint density at radius 2 is 2.32 bits per heavy atom. The first-order valence-electron chi connectivity index (χ1n) is 7.30. The van der Waals surface area contributed by atoms with E-state index in [0.717, 1.165) is 36.9 Å². The molecular formula is C15H22BrCl2N3O. The third kappa shape index (κ3) is 5.70. The van der Waals surface area contributed by atoms with Gasteiger partial charge in [-0.2, -0.15) is 0 Å². The van der Waals surface area contributed by atoms with Crippen molar-refractivity contribution in [3.05, 3.63) is 27.7 Å². The number of hydrogen-bond acceptors (Lipinski definition) is 3. The first-order valence-corrected chi connectivity index (χ1v) is 8.47. The van der Waals surface area contributed by atoms with Crippen LogP contribution in [-0.4, -0.2) is 43.0 Å². The highest BCUT2D eigenvalue weighted by molar-refractivity contribution is 9.10. The van der Waals surface area contributed by atoms with Crippen molar-refractivity contribution >= 4 is 51.5 Å². The van der Waals surface area contributed by atoms with Crippen molar-refractivity contribution in [2.75, 3.05) is 31.5 Å². The van der Waals surface area contributed by atoms with E-state index in [1.54, 1.807) is 6.07 Å². The Kier molecular flexibility index (Phi) is 8.72. The molecule has 1 aromatic carbocycles. The Labute approximate surface area is 151 Å². The number of amides is 1. The maximum absolute atomic E-state index is 12.2. The summed E-state index contributed by atoms with van der Waals surface area (Å²) in [5.74, 6) is -0.0143. The molecule has 2 rings (SSSR count). The molecule has 1 fully saturated rings. The fraction of sp³-hybridized carbons (Fsp3) is 0.533. The summed E-state index contributed by atoms with van der Waals surface area (Å²) < 4.78 is 0.898. The molecule has 22 heavy (non-hydrogen) atoms. The van der Waals surface area contributed by atoms with Gasteiger partial charge in [0.2, 0.25) is 5.91 Å². The van der Waals surface area contributed by atoms with Gasteiger partial charge in [-0.1, -0.05) is 34.5 Å². The van der Waals surface area contributed by atoms with E-state index in [1.165, 1.54) is 0 Å². The number of rotatable bonds is 6. The number of anilines is 1. The lowest BCUT2D eigenvalue weighted by Gasteiger charge is -2.27. The number of carbonyl (C=O) groups is 1. The van der Waals surface area contributed by atoms with Crippen LogP contribution in [0.1, 0.15) is 19.8 Å². The SMILES string of the molecule is CCCN(CC(=O)Nc1ccc(Br)cc1Cl)C1CCNC1.Cl. The molecule has 0 saturated carbocycles. The van der Waals surface area contributed by atoms with Crippen molar-refractivity contribution in [3.8, 4) is 0 Å². The molecule has 7 heteroatoms. The molecule has 0 bridgehead atoms. The summed E-state index contributed by atoms with van der Waals surface area (Å²) in [5, 5.41) is 6.79. The minimum atomic E-state index is -0.0143. The van der Waals surface area contributed by atoms with Gasteiger partial charge in [0.15, 0.2) is 0 Å². The molecule has 1 aliphatic heterocycles. The van der Waals surface area contributed by atoms with Crippen LogP contribution in [0.15, 0.2) is 22.7 Å². The topological polar surface area (TPSA) is 44.4 Å². The molecule has 0 spiro atoms. The van der Waals surface area contributed by atoms with Crippen molar-refractivity contribution in [2.45, 2.75) is 25.8 Å². The molecule has 0 aromatic heterocycles. The Morgan fingerprint density at radius 1 is 1.55 bits per heavy atom. The first kappa shape index (κ1) is 19.7. The van der Waals surface area contributed by atoms with Crippen LogP contribution in [0.5, 0.6) is 0 Å². The average molecular weight is 411 g/mol. The van der Waals surface area contributed by atoms with Crippen LogP contribution < -0.4 is 10.6 Å². The van der Waals surface area contributed by atoms with Gasteiger partial charge in [0.05, 0.1) is 17.3 Å². The molecule has 1 amide bonds. The van der Waals surface area contributed by atoms with Crippen LogP contribution >= 0.6 is 39.9 Å². The minimum absolute atomic E-state index is 0. The molecule has 0 aliphatic carbocycles. The van der Waals surface area contributed by atoms with Gasteiger partial charge in [0.1, 0.15) is 0 Å². The minimum Gasteiger partial charge on any atom is -0.324 e. The monoisotopic (exact) mass is 409 g/mol.